The molecule has 2 aromatic heterocycles. The van der Waals surface area contributed by atoms with Crippen molar-refractivity contribution in [2.24, 2.45) is 0 Å². The smallest absolute Gasteiger partial charge is 0.313 e. The molecular formula is C22H24N2O3S. The van der Waals surface area contributed by atoms with Crippen LogP contribution in [-0.2, 0) is 22.5 Å². The second kappa shape index (κ2) is 7.51. The number of nitrogens with zero attached hydrogens (tertiary/aromatic N) is 2. The lowest BCUT2D eigenvalue weighted by Crippen LogP contribution is -2.27. The Morgan fingerprint density at radius 1 is 1.32 bits per heavy atom. The highest BCUT2D eigenvalue weighted by Crippen LogP contribution is 2.41. The maximum Gasteiger partial charge on any atom is 0.313 e. The van der Waals surface area contributed by atoms with E-state index in [9.17, 15) is 9.59 Å². The van der Waals surface area contributed by atoms with Gasteiger partial charge < -0.3 is 4.74 Å². The molecule has 0 saturated heterocycles. The predicted molar refractivity (Wildman–Crippen MR) is 111 cm³/mol. The highest BCUT2D eigenvalue weighted by Gasteiger charge is 2.33. The largest absolute Gasteiger partial charge is 0.466 e. The van der Waals surface area contributed by atoms with Gasteiger partial charge in [-0.2, -0.15) is 0 Å². The van der Waals surface area contributed by atoms with Gasteiger partial charge in [0.15, 0.2) is 0 Å². The Morgan fingerprint density at radius 3 is 2.86 bits per heavy atom. The molecule has 3 aromatic rings. The summed E-state index contributed by atoms with van der Waals surface area (Å²) in [5.74, 6) is 0.113. The highest BCUT2D eigenvalue weighted by atomic mass is 32.1. The van der Waals surface area contributed by atoms with E-state index in [0.29, 0.717) is 24.4 Å². The molecule has 1 aromatic carbocycles. The second-order valence-electron chi connectivity index (χ2n) is 7.29. The van der Waals surface area contributed by atoms with Gasteiger partial charge in [0.2, 0.25) is 0 Å². The second-order valence-corrected chi connectivity index (χ2v) is 8.38. The SMILES string of the molecule is CCOC(=O)C1CCCc2sc3nc(C)n(Cc4ccccc4C)c(=O)c3c21. The Hall–Kier alpha value is -2.47. The lowest BCUT2D eigenvalue weighted by atomic mass is 9.86. The quantitative estimate of drug-likeness (QED) is 0.623. The van der Waals surface area contributed by atoms with Gasteiger partial charge in [-0.25, -0.2) is 4.98 Å². The van der Waals surface area contributed by atoms with E-state index in [1.807, 2.05) is 45.0 Å². The molecule has 1 unspecified atom stereocenters. The highest BCUT2D eigenvalue weighted by molar-refractivity contribution is 7.18. The van der Waals surface area contributed by atoms with Crippen molar-refractivity contribution in [1.82, 2.24) is 9.55 Å². The molecule has 4 rings (SSSR count). The fourth-order valence-corrected chi connectivity index (χ4v) is 5.35. The third-order valence-electron chi connectivity index (χ3n) is 5.52. The summed E-state index contributed by atoms with van der Waals surface area (Å²) in [6.45, 7) is 6.57. The first kappa shape index (κ1) is 18.9. The average Bonchev–Trinajstić information content (AvgIpc) is 3.04. The first-order valence-corrected chi connectivity index (χ1v) is 10.6. The number of aromatic nitrogens is 2. The molecule has 0 aliphatic heterocycles. The molecule has 0 amide bonds. The lowest BCUT2D eigenvalue weighted by Gasteiger charge is -2.21. The standard InChI is InChI=1S/C22H24N2O3S/c1-4-27-22(26)16-10-7-11-17-18(16)19-20(28-17)23-14(3)24(21(19)25)12-15-9-6-5-8-13(15)2/h5-6,8-9,16H,4,7,10-12H2,1-3H3. The van der Waals surface area contributed by atoms with Gasteiger partial charge in [0.05, 0.1) is 24.5 Å². The fraction of sp³-hybridized carbons (Fsp3) is 0.409. The summed E-state index contributed by atoms with van der Waals surface area (Å²) in [6, 6.07) is 8.06. The van der Waals surface area contributed by atoms with Crippen molar-refractivity contribution in [2.75, 3.05) is 6.61 Å². The number of carbonyl (C=O) groups excluding carboxylic acids is 1. The summed E-state index contributed by atoms with van der Waals surface area (Å²) < 4.78 is 7.03. The lowest BCUT2D eigenvalue weighted by molar-refractivity contribution is -0.145. The number of thiophene rings is 1. The van der Waals surface area contributed by atoms with Crippen LogP contribution in [0.2, 0.25) is 0 Å². The number of rotatable bonds is 4. The van der Waals surface area contributed by atoms with Gasteiger partial charge in [-0.15, -0.1) is 11.3 Å². The number of esters is 1. The van der Waals surface area contributed by atoms with E-state index in [1.165, 1.54) is 0 Å². The normalized spacial score (nSPS) is 16.2. The number of hydrogen-bond donors (Lipinski definition) is 0. The molecule has 5 nitrogen and oxygen atoms in total. The van der Waals surface area contributed by atoms with E-state index in [0.717, 1.165) is 45.7 Å². The van der Waals surface area contributed by atoms with Crippen molar-refractivity contribution in [3.8, 4) is 0 Å². The maximum absolute atomic E-state index is 13.5. The van der Waals surface area contributed by atoms with E-state index >= 15 is 0 Å². The van der Waals surface area contributed by atoms with Crippen LogP contribution in [0.1, 0.15) is 53.1 Å². The number of benzene rings is 1. The van der Waals surface area contributed by atoms with Crippen molar-refractivity contribution < 1.29 is 9.53 Å². The number of fused-ring (bicyclic) bond motifs is 3. The van der Waals surface area contributed by atoms with Crippen LogP contribution in [0, 0.1) is 13.8 Å². The molecule has 28 heavy (non-hydrogen) atoms. The van der Waals surface area contributed by atoms with Gasteiger partial charge in [-0.05, 0) is 56.7 Å². The summed E-state index contributed by atoms with van der Waals surface area (Å²) in [6.07, 6.45) is 2.55. The molecule has 146 valence electrons. The zero-order valence-corrected chi connectivity index (χ0v) is 17.3. The van der Waals surface area contributed by atoms with Crippen LogP contribution in [0.15, 0.2) is 29.1 Å². The molecule has 2 heterocycles. The van der Waals surface area contributed by atoms with Crippen molar-refractivity contribution in [3.05, 3.63) is 62.0 Å². The van der Waals surface area contributed by atoms with Crippen LogP contribution in [0.3, 0.4) is 0 Å². The minimum Gasteiger partial charge on any atom is -0.466 e. The van der Waals surface area contributed by atoms with Crippen molar-refractivity contribution in [3.63, 3.8) is 0 Å². The zero-order chi connectivity index (χ0) is 19.8. The number of carbonyl (C=O) groups is 1. The summed E-state index contributed by atoms with van der Waals surface area (Å²) >= 11 is 1.55. The third-order valence-corrected chi connectivity index (χ3v) is 6.68. The number of hydrogen-bond acceptors (Lipinski definition) is 5. The van der Waals surface area contributed by atoms with Gasteiger partial charge in [-0.1, -0.05) is 24.3 Å². The topological polar surface area (TPSA) is 61.2 Å². The Labute approximate surface area is 168 Å². The summed E-state index contributed by atoms with van der Waals surface area (Å²) in [5, 5.41) is 0.608. The van der Waals surface area contributed by atoms with Crippen LogP contribution in [0.4, 0.5) is 0 Å². The molecule has 1 atom stereocenters. The van der Waals surface area contributed by atoms with Gasteiger partial charge in [0.1, 0.15) is 10.7 Å². The van der Waals surface area contributed by atoms with Gasteiger partial charge in [0, 0.05) is 4.88 Å². The molecule has 0 saturated carbocycles. The van der Waals surface area contributed by atoms with E-state index in [4.69, 9.17) is 9.72 Å². The first-order chi connectivity index (χ1) is 13.5. The van der Waals surface area contributed by atoms with Crippen LogP contribution < -0.4 is 5.56 Å². The number of ether oxygens (including phenoxy) is 1. The molecule has 6 heteroatoms. The van der Waals surface area contributed by atoms with Crippen molar-refractivity contribution in [2.45, 2.75) is 52.5 Å². The van der Waals surface area contributed by atoms with Crippen LogP contribution >= 0.6 is 11.3 Å². The van der Waals surface area contributed by atoms with Crippen LogP contribution in [0.25, 0.3) is 10.2 Å². The zero-order valence-electron chi connectivity index (χ0n) is 16.4. The van der Waals surface area contributed by atoms with Crippen LogP contribution in [0.5, 0.6) is 0 Å². The Morgan fingerprint density at radius 2 is 2.11 bits per heavy atom. The molecule has 0 spiro atoms. The fourth-order valence-electron chi connectivity index (χ4n) is 4.04. The van der Waals surface area contributed by atoms with E-state index < -0.39 is 0 Å². The molecule has 0 bridgehead atoms. The average molecular weight is 397 g/mol. The van der Waals surface area contributed by atoms with E-state index in [2.05, 4.69) is 0 Å². The van der Waals surface area contributed by atoms with Crippen molar-refractivity contribution >= 4 is 27.5 Å². The monoisotopic (exact) mass is 396 g/mol. The Kier molecular flexibility index (Phi) is 5.06. The number of aryl methyl sites for hydroxylation is 3. The summed E-state index contributed by atoms with van der Waals surface area (Å²) in [4.78, 5) is 32.6. The van der Waals surface area contributed by atoms with E-state index in [1.54, 1.807) is 15.9 Å². The maximum atomic E-state index is 13.5. The Bertz CT molecular complexity index is 1110. The molecule has 1 aliphatic rings. The molecule has 0 radical (unpaired) electrons. The Balaban J connectivity index is 1.88. The molecule has 0 fully saturated rings. The summed E-state index contributed by atoms with van der Waals surface area (Å²) in [5.41, 5.74) is 3.05. The third kappa shape index (κ3) is 3.15. The molecule has 0 N–H and O–H groups in total. The minimum atomic E-state index is -0.360. The van der Waals surface area contributed by atoms with Gasteiger partial charge >= 0.3 is 5.97 Å². The van der Waals surface area contributed by atoms with E-state index in [-0.39, 0.29) is 17.4 Å². The molecular weight excluding hydrogens is 372 g/mol. The predicted octanol–water partition coefficient (Wildman–Crippen LogP) is 4.11. The summed E-state index contributed by atoms with van der Waals surface area (Å²) in [7, 11) is 0. The van der Waals surface area contributed by atoms with Crippen LogP contribution in [-0.4, -0.2) is 22.1 Å². The van der Waals surface area contributed by atoms with Crippen molar-refractivity contribution in [1.29, 1.82) is 0 Å². The van der Waals surface area contributed by atoms with Gasteiger partial charge in [0.25, 0.3) is 5.56 Å². The first-order valence-electron chi connectivity index (χ1n) is 9.75. The van der Waals surface area contributed by atoms with Gasteiger partial charge in [-0.3, -0.25) is 14.2 Å². The molecule has 1 aliphatic carbocycles. The minimum absolute atomic E-state index is 0.0561.